The molecule has 0 saturated carbocycles. The van der Waals surface area contributed by atoms with Crippen molar-refractivity contribution >= 4 is 11.8 Å². The number of piperidine rings is 1. The van der Waals surface area contributed by atoms with Gasteiger partial charge in [0.05, 0.1) is 0 Å². The highest BCUT2D eigenvalue weighted by molar-refractivity contribution is 5.44. The van der Waals surface area contributed by atoms with Crippen molar-refractivity contribution in [2.45, 2.75) is 19.8 Å². The van der Waals surface area contributed by atoms with Crippen LogP contribution in [0.15, 0.2) is 6.07 Å². The van der Waals surface area contributed by atoms with Crippen molar-refractivity contribution < 1.29 is 5.11 Å². The summed E-state index contributed by atoms with van der Waals surface area (Å²) in [5.74, 6) is 1.99. The Bertz CT molecular complexity index is 383. The minimum Gasteiger partial charge on any atom is -0.396 e. The van der Waals surface area contributed by atoms with Crippen molar-refractivity contribution in [1.82, 2.24) is 9.97 Å². The smallest absolute Gasteiger partial charge is 0.224 e. The molecule has 1 aromatic heterocycles. The minimum absolute atomic E-state index is 0.263. The highest BCUT2D eigenvalue weighted by Crippen LogP contribution is 2.22. The van der Waals surface area contributed by atoms with Gasteiger partial charge in [0.2, 0.25) is 5.95 Å². The molecule has 2 N–H and O–H groups in total. The Morgan fingerprint density at radius 1 is 1.53 bits per heavy atom. The average molecular weight is 236 g/mol. The minimum atomic E-state index is 0.263. The van der Waals surface area contributed by atoms with Gasteiger partial charge in [0.25, 0.3) is 0 Å². The van der Waals surface area contributed by atoms with Gasteiger partial charge in [0.1, 0.15) is 5.82 Å². The maximum atomic E-state index is 9.24. The van der Waals surface area contributed by atoms with E-state index in [1.54, 1.807) is 0 Å². The van der Waals surface area contributed by atoms with E-state index < -0.39 is 0 Å². The van der Waals surface area contributed by atoms with Gasteiger partial charge in [0, 0.05) is 38.5 Å². The Balaban J connectivity index is 2.18. The molecule has 1 atom stereocenters. The number of aliphatic hydroxyl groups is 1. The summed E-state index contributed by atoms with van der Waals surface area (Å²) in [7, 11) is 1.82. The van der Waals surface area contributed by atoms with E-state index in [0.717, 1.165) is 37.4 Å². The summed E-state index contributed by atoms with van der Waals surface area (Å²) in [4.78, 5) is 11.0. The number of nitrogens with zero attached hydrogens (tertiary/aromatic N) is 3. The van der Waals surface area contributed by atoms with Crippen LogP contribution in [0.3, 0.4) is 0 Å². The summed E-state index contributed by atoms with van der Waals surface area (Å²) in [5, 5.41) is 12.2. The predicted octanol–water partition coefficient (Wildman–Crippen LogP) is 1.04. The lowest BCUT2D eigenvalue weighted by atomic mass is 9.99. The predicted molar refractivity (Wildman–Crippen MR) is 68.3 cm³/mol. The first-order valence-corrected chi connectivity index (χ1v) is 6.12. The van der Waals surface area contributed by atoms with Gasteiger partial charge < -0.3 is 15.3 Å². The number of aliphatic hydroxyl groups excluding tert-OH is 1. The molecule has 0 radical (unpaired) electrons. The SMILES string of the molecule is CNc1nc(C)cc(N2CCC[C@@H](CO)C2)n1. The lowest BCUT2D eigenvalue weighted by molar-refractivity contribution is 0.208. The van der Waals surface area contributed by atoms with Gasteiger partial charge in [-0.15, -0.1) is 0 Å². The van der Waals surface area contributed by atoms with Crippen LogP contribution in [0.1, 0.15) is 18.5 Å². The van der Waals surface area contributed by atoms with Gasteiger partial charge in [-0.05, 0) is 25.7 Å². The standard InChI is InChI=1S/C12H20N4O/c1-9-6-11(15-12(13-2)14-9)16-5-3-4-10(7-16)8-17/h6,10,17H,3-5,7-8H2,1-2H3,(H,13,14,15)/t10-/m1/s1. The Labute approximate surface area is 102 Å². The van der Waals surface area contributed by atoms with Crippen molar-refractivity contribution in [3.05, 3.63) is 11.8 Å². The molecule has 17 heavy (non-hydrogen) atoms. The van der Waals surface area contributed by atoms with Crippen LogP contribution in [0.2, 0.25) is 0 Å². The van der Waals surface area contributed by atoms with Crippen molar-refractivity contribution in [2.75, 3.05) is 37.0 Å². The van der Waals surface area contributed by atoms with Crippen LogP contribution < -0.4 is 10.2 Å². The normalized spacial score (nSPS) is 20.4. The second-order valence-electron chi connectivity index (χ2n) is 4.58. The Morgan fingerprint density at radius 3 is 3.06 bits per heavy atom. The monoisotopic (exact) mass is 236 g/mol. The summed E-state index contributed by atoms with van der Waals surface area (Å²) in [5.41, 5.74) is 0.963. The first kappa shape index (κ1) is 12.1. The molecule has 0 bridgehead atoms. The fourth-order valence-electron chi connectivity index (χ4n) is 2.25. The van der Waals surface area contributed by atoms with Crippen molar-refractivity contribution in [3.8, 4) is 0 Å². The molecular formula is C12H20N4O. The number of aromatic nitrogens is 2. The Kier molecular flexibility index (Phi) is 3.78. The quantitative estimate of drug-likeness (QED) is 0.821. The molecule has 5 heteroatoms. The lowest BCUT2D eigenvalue weighted by Crippen LogP contribution is -2.37. The van der Waals surface area contributed by atoms with E-state index in [2.05, 4.69) is 20.2 Å². The van der Waals surface area contributed by atoms with Crippen LogP contribution >= 0.6 is 0 Å². The topological polar surface area (TPSA) is 61.3 Å². The molecule has 1 saturated heterocycles. The van der Waals surface area contributed by atoms with Crippen molar-refractivity contribution in [2.24, 2.45) is 5.92 Å². The van der Waals surface area contributed by atoms with Gasteiger partial charge in [-0.2, -0.15) is 4.98 Å². The molecule has 2 rings (SSSR count). The largest absolute Gasteiger partial charge is 0.396 e. The number of rotatable bonds is 3. The average Bonchev–Trinajstić information content (AvgIpc) is 2.38. The van der Waals surface area contributed by atoms with Gasteiger partial charge in [-0.3, -0.25) is 0 Å². The highest BCUT2D eigenvalue weighted by atomic mass is 16.3. The van der Waals surface area contributed by atoms with E-state index in [4.69, 9.17) is 0 Å². The number of nitrogens with one attached hydrogen (secondary N) is 1. The van der Waals surface area contributed by atoms with Gasteiger partial charge >= 0.3 is 0 Å². The maximum Gasteiger partial charge on any atom is 0.224 e. The zero-order valence-corrected chi connectivity index (χ0v) is 10.5. The molecule has 0 aliphatic carbocycles. The van der Waals surface area contributed by atoms with Crippen molar-refractivity contribution in [3.63, 3.8) is 0 Å². The number of anilines is 2. The van der Waals surface area contributed by atoms with E-state index in [1.807, 2.05) is 20.0 Å². The summed E-state index contributed by atoms with van der Waals surface area (Å²) in [6, 6.07) is 2.00. The third-order valence-corrected chi connectivity index (χ3v) is 3.17. The van der Waals surface area contributed by atoms with Crippen LogP contribution in [-0.4, -0.2) is 41.8 Å². The summed E-state index contributed by atoms with van der Waals surface area (Å²) < 4.78 is 0. The molecule has 5 nitrogen and oxygen atoms in total. The molecule has 0 amide bonds. The fraction of sp³-hybridized carbons (Fsp3) is 0.667. The van der Waals surface area contributed by atoms with Gasteiger partial charge in [-0.1, -0.05) is 0 Å². The molecule has 94 valence electrons. The number of hydrogen-bond donors (Lipinski definition) is 2. The van der Waals surface area contributed by atoms with Crippen LogP contribution in [0.5, 0.6) is 0 Å². The van der Waals surface area contributed by atoms with Gasteiger partial charge in [-0.25, -0.2) is 4.98 Å². The Morgan fingerprint density at radius 2 is 2.35 bits per heavy atom. The first-order chi connectivity index (χ1) is 8.22. The van der Waals surface area contributed by atoms with E-state index in [-0.39, 0.29) is 6.61 Å². The number of aryl methyl sites for hydroxylation is 1. The number of hydrogen-bond acceptors (Lipinski definition) is 5. The van der Waals surface area contributed by atoms with E-state index in [9.17, 15) is 5.11 Å². The second kappa shape index (κ2) is 5.31. The summed E-state index contributed by atoms with van der Waals surface area (Å²) in [6.07, 6.45) is 2.22. The van der Waals surface area contributed by atoms with Crippen LogP contribution in [0, 0.1) is 12.8 Å². The van der Waals surface area contributed by atoms with Crippen LogP contribution in [-0.2, 0) is 0 Å². The highest BCUT2D eigenvalue weighted by Gasteiger charge is 2.20. The fourth-order valence-corrected chi connectivity index (χ4v) is 2.25. The molecule has 0 unspecified atom stereocenters. The zero-order valence-electron chi connectivity index (χ0n) is 10.5. The molecule has 2 heterocycles. The summed E-state index contributed by atoms with van der Waals surface area (Å²) >= 11 is 0. The van der Waals surface area contributed by atoms with E-state index in [0.29, 0.717) is 11.9 Å². The molecule has 0 spiro atoms. The van der Waals surface area contributed by atoms with Crippen molar-refractivity contribution in [1.29, 1.82) is 0 Å². The summed E-state index contributed by atoms with van der Waals surface area (Å²) in [6.45, 7) is 4.13. The molecule has 1 aliphatic rings. The lowest BCUT2D eigenvalue weighted by Gasteiger charge is -2.32. The molecular weight excluding hydrogens is 216 g/mol. The van der Waals surface area contributed by atoms with E-state index in [1.165, 1.54) is 0 Å². The molecule has 1 aromatic rings. The first-order valence-electron chi connectivity index (χ1n) is 6.12. The maximum absolute atomic E-state index is 9.24. The Hall–Kier alpha value is -1.36. The van der Waals surface area contributed by atoms with Gasteiger partial charge in [0.15, 0.2) is 0 Å². The van der Waals surface area contributed by atoms with E-state index >= 15 is 0 Å². The molecule has 1 aliphatic heterocycles. The van der Waals surface area contributed by atoms with Crippen LogP contribution in [0.25, 0.3) is 0 Å². The third kappa shape index (κ3) is 2.85. The van der Waals surface area contributed by atoms with Crippen LogP contribution in [0.4, 0.5) is 11.8 Å². The third-order valence-electron chi connectivity index (χ3n) is 3.17. The molecule has 1 fully saturated rings. The molecule has 0 aromatic carbocycles. The second-order valence-corrected chi connectivity index (χ2v) is 4.58. The zero-order chi connectivity index (χ0) is 12.3.